The van der Waals surface area contributed by atoms with Crippen LogP contribution in [0.4, 0.5) is 14.9 Å². The van der Waals surface area contributed by atoms with Crippen molar-refractivity contribution < 1.29 is 18.7 Å². The quantitative estimate of drug-likeness (QED) is 0.809. The first-order chi connectivity index (χ1) is 13.1. The summed E-state index contributed by atoms with van der Waals surface area (Å²) in [6.07, 6.45) is 1.60. The van der Waals surface area contributed by atoms with Gasteiger partial charge in [-0.05, 0) is 69.3 Å². The van der Waals surface area contributed by atoms with E-state index in [2.05, 4.69) is 10.2 Å². The van der Waals surface area contributed by atoms with Crippen LogP contribution in [0.5, 0.6) is 5.75 Å². The molecule has 6 heteroatoms. The predicted molar refractivity (Wildman–Crippen MR) is 104 cm³/mol. The summed E-state index contributed by atoms with van der Waals surface area (Å²) in [5.41, 5.74) is 1.83. The van der Waals surface area contributed by atoms with Gasteiger partial charge in [-0.2, -0.15) is 0 Å². The van der Waals surface area contributed by atoms with Crippen molar-refractivity contribution in [1.29, 1.82) is 0 Å². The second-order valence-corrected chi connectivity index (χ2v) is 6.65. The first-order valence-corrected chi connectivity index (χ1v) is 9.23. The van der Waals surface area contributed by atoms with Crippen LogP contribution in [0.1, 0.15) is 19.8 Å². The van der Waals surface area contributed by atoms with E-state index >= 15 is 0 Å². The molecule has 0 aromatic heterocycles. The molecule has 1 aliphatic rings. The van der Waals surface area contributed by atoms with Gasteiger partial charge in [0.25, 0.3) is 0 Å². The molecule has 0 unspecified atom stereocenters. The normalized spacial score (nSPS) is 16.9. The molecule has 1 saturated heterocycles. The number of likely N-dealkylation sites (N-methyl/N-ethyl adjacent to an activating group) is 1. The lowest BCUT2D eigenvalue weighted by Crippen LogP contribution is -2.31. The molecule has 2 aromatic carbocycles. The maximum atomic E-state index is 13.8. The van der Waals surface area contributed by atoms with Gasteiger partial charge < -0.3 is 14.4 Å². The summed E-state index contributed by atoms with van der Waals surface area (Å²) in [7, 11) is 2.03. The Morgan fingerprint density at radius 1 is 1.30 bits per heavy atom. The number of anilines is 1. The van der Waals surface area contributed by atoms with E-state index in [1.54, 1.807) is 6.07 Å². The lowest BCUT2D eigenvalue weighted by atomic mass is 10.0. The molecule has 1 aliphatic heterocycles. The molecule has 1 N–H and O–H groups in total. The molecular weight excluding hydrogens is 347 g/mol. The van der Waals surface area contributed by atoms with E-state index in [0.29, 0.717) is 30.2 Å². The number of hydrogen-bond acceptors (Lipinski definition) is 4. The van der Waals surface area contributed by atoms with E-state index in [1.807, 2.05) is 38.2 Å². The number of carbonyl (C=O) groups is 1. The molecule has 0 bridgehead atoms. The van der Waals surface area contributed by atoms with Crippen molar-refractivity contribution >= 4 is 11.8 Å². The highest BCUT2D eigenvalue weighted by atomic mass is 19.1. The van der Waals surface area contributed by atoms with Crippen LogP contribution in [-0.4, -0.2) is 43.8 Å². The van der Waals surface area contributed by atoms with Crippen LogP contribution < -0.4 is 10.1 Å². The maximum Gasteiger partial charge on any atom is 0.411 e. The van der Waals surface area contributed by atoms with Gasteiger partial charge in [-0.15, -0.1) is 0 Å². The van der Waals surface area contributed by atoms with Gasteiger partial charge in [0.1, 0.15) is 18.2 Å². The fourth-order valence-corrected chi connectivity index (χ4v) is 3.29. The summed E-state index contributed by atoms with van der Waals surface area (Å²) in [6.45, 7) is 3.81. The van der Waals surface area contributed by atoms with Gasteiger partial charge in [-0.3, -0.25) is 5.32 Å². The molecule has 3 rings (SSSR count). The number of nitrogens with one attached hydrogen (secondary N) is 1. The largest absolute Gasteiger partial charge is 0.494 e. The second kappa shape index (κ2) is 8.86. The molecule has 144 valence electrons. The number of carbonyl (C=O) groups excluding carboxylic acids is 1. The SMILES string of the molecule is CCOc1cccc(-c2cc(F)ccc2NC(=O)OC[C@@H]2CCCN2C)c1. The standard InChI is InChI=1S/C21H25FN2O3/c1-3-26-18-8-4-6-15(12-18)19-13-16(22)9-10-20(19)23-21(25)27-14-17-7-5-11-24(17)2/h4,6,8-10,12-13,17H,3,5,7,11,14H2,1-2H3,(H,23,25)/t17-/m0/s1. The number of likely N-dealkylation sites (tertiary alicyclic amines) is 1. The number of hydrogen-bond donors (Lipinski definition) is 1. The number of rotatable bonds is 6. The number of amides is 1. The van der Waals surface area contributed by atoms with Crippen molar-refractivity contribution in [1.82, 2.24) is 4.90 Å². The number of halogens is 1. The smallest absolute Gasteiger partial charge is 0.411 e. The highest BCUT2D eigenvalue weighted by Crippen LogP contribution is 2.31. The van der Waals surface area contributed by atoms with Gasteiger partial charge in [-0.25, -0.2) is 9.18 Å². The molecule has 1 amide bonds. The average molecular weight is 372 g/mol. The first kappa shape index (κ1) is 19.2. The van der Waals surface area contributed by atoms with Crippen LogP contribution in [0.3, 0.4) is 0 Å². The van der Waals surface area contributed by atoms with E-state index in [4.69, 9.17) is 9.47 Å². The molecule has 5 nitrogen and oxygen atoms in total. The van der Waals surface area contributed by atoms with Gasteiger partial charge in [0, 0.05) is 11.6 Å². The third kappa shape index (κ3) is 4.98. The van der Waals surface area contributed by atoms with Gasteiger partial charge in [0.05, 0.1) is 12.3 Å². The van der Waals surface area contributed by atoms with E-state index in [1.165, 1.54) is 12.1 Å². The predicted octanol–water partition coefficient (Wildman–Crippen LogP) is 4.53. The van der Waals surface area contributed by atoms with Crippen molar-refractivity contribution in [3.05, 3.63) is 48.3 Å². The Labute approximate surface area is 159 Å². The monoisotopic (exact) mass is 372 g/mol. The van der Waals surface area contributed by atoms with Crippen LogP contribution in [0, 0.1) is 5.82 Å². The molecule has 2 aromatic rings. The summed E-state index contributed by atoms with van der Waals surface area (Å²) < 4.78 is 24.7. The minimum atomic E-state index is -0.538. The van der Waals surface area contributed by atoms with Crippen molar-refractivity contribution in [3.8, 4) is 16.9 Å². The second-order valence-electron chi connectivity index (χ2n) is 6.65. The van der Waals surface area contributed by atoms with Crippen LogP contribution >= 0.6 is 0 Å². The Balaban J connectivity index is 1.74. The molecule has 0 saturated carbocycles. The van der Waals surface area contributed by atoms with Gasteiger partial charge >= 0.3 is 6.09 Å². The Kier molecular flexibility index (Phi) is 6.29. The summed E-state index contributed by atoms with van der Waals surface area (Å²) in [6, 6.07) is 11.9. The van der Waals surface area contributed by atoms with Crippen molar-refractivity contribution in [2.75, 3.05) is 32.1 Å². The summed E-state index contributed by atoms with van der Waals surface area (Å²) in [4.78, 5) is 14.4. The lowest BCUT2D eigenvalue weighted by Gasteiger charge is -2.19. The Morgan fingerprint density at radius 2 is 2.15 bits per heavy atom. The van der Waals surface area contributed by atoms with Crippen LogP contribution in [0.25, 0.3) is 11.1 Å². The molecule has 27 heavy (non-hydrogen) atoms. The highest BCUT2D eigenvalue weighted by molar-refractivity contribution is 5.91. The summed E-state index contributed by atoms with van der Waals surface area (Å²) in [5.74, 6) is 0.315. The molecule has 0 spiro atoms. The minimum absolute atomic E-state index is 0.256. The zero-order chi connectivity index (χ0) is 19.2. The van der Waals surface area contributed by atoms with E-state index in [9.17, 15) is 9.18 Å². The van der Waals surface area contributed by atoms with Crippen LogP contribution in [-0.2, 0) is 4.74 Å². The molecule has 1 fully saturated rings. The number of benzene rings is 2. The number of nitrogens with zero attached hydrogens (tertiary/aromatic N) is 1. The lowest BCUT2D eigenvalue weighted by molar-refractivity contribution is 0.127. The van der Waals surface area contributed by atoms with E-state index in [-0.39, 0.29) is 11.9 Å². The van der Waals surface area contributed by atoms with Crippen molar-refractivity contribution in [3.63, 3.8) is 0 Å². The minimum Gasteiger partial charge on any atom is -0.494 e. The molecule has 1 heterocycles. The highest BCUT2D eigenvalue weighted by Gasteiger charge is 2.22. The zero-order valence-electron chi connectivity index (χ0n) is 15.7. The first-order valence-electron chi connectivity index (χ1n) is 9.23. The average Bonchev–Trinajstić information content (AvgIpc) is 3.07. The summed E-state index contributed by atoms with van der Waals surface area (Å²) in [5, 5.41) is 2.74. The molecule has 0 radical (unpaired) electrons. The fraction of sp³-hybridized carbons (Fsp3) is 0.381. The van der Waals surface area contributed by atoms with Crippen LogP contribution in [0.2, 0.25) is 0 Å². The van der Waals surface area contributed by atoms with Gasteiger partial charge in [0.15, 0.2) is 0 Å². The molecule has 0 aliphatic carbocycles. The van der Waals surface area contributed by atoms with Gasteiger partial charge in [0.2, 0.25) is 0 Å². The zero-order valence-corrected chi connectivity index (χ0v) is 15.7. The number of ether oxygens (including phenoxy) is 2. The van der Waals surface area contributed by atoms with Crippen molar-refractivity contribution in [2.24, 2.45) is 0 Å². The van der Waals surface area contributed by atoms with Gasteiger partial charge in [-0.1, -0.05) is 12.1 Å². The van der Waals surface area contributed by atoms with E-state index < -0.39 is 6.09 Å². The third-order valence-corrected chi connectivity index (χ3v) is 4.75. The molecular formula is C21H25FN2O3. The Hall–Kier alpha value is -2.60. The Morgan fingerprint density at radius 3 is 2.89 bits per heavy atom. The summed E-state index contributed by atoms with van der Waals surface area (Å²) >= 11 is 0. The van der Waals surface area contributed by atoms with Crippen LogP contribution in [0.15, 0.2) is 42.5 Å². The maximum absolute atomic E-state index is 13.8. The van der Waals surface area contributed by atoms with Crippen molar-refractivity contribution in [2.45, 2.75) is 25.8 Å². The van der Waals surface area contributed by atoms with E-state index in [0.717, 1.165) is 24.9 Å². The Bertz CT molecular complexity index is 797. The molecule has 1 atom stereocenters. The fourth-order valence-electron chi connectivity index (χ4n) is 3.29. The topological polar surface area (TPSA) is 50.8 Å². The third-order valence-electron chi connectivity index (χ3n) is 4.75.